The third kappa shape index (κ3) is 1.30. The molecule has 0 amide bonds. The zero-order valence-electron chi connectivity index (χ0n) is 8.14. The van der Waals surface area contributed by atoms with Crippen molar-refractivity contribution in [2.45, 2.75) is 38.6 Å². The highest BCUT2D eigenvalue weighted by molar-refractivity contribution is 6.02. The highest BCUT2D eigenvalue weighted by Crippen LogP contribution is 2.31. The highest BCUT2D eigenvalue weighted by atomic mass is 15.2. The van der Waals surface area contributed by atoms with E-state index in [4.69, 9.17) is 5.41 Å². The number of rotatable bonds is 1. The molecule has 1 fully saturated rings. The molecule has 0 radical (unpaired) electrons. The predicted molar refractivity (Wildman–Crippen MR) is 54.7 cm³/mol. The molecule has 2 nitrogen and oxygen atoms in total. The van der Waals surface area contributed by atoms with Crippen molar-refractivity contribution in [3.05, 3.63) is 23.9 Å². The molecule has 1 N–H and O–H groups in total. The van der Waals surface area contributed by atoms with E-state index in [1.54, 1.807) is 0 Å². The summed E-state index contributed by atoms with van der Waals surface area (Å²) in [4.78, 5) is 2.15. The van der Waals surface area contributed by atoms with Crippen LogP contribution in [-0.4, -0.2) is 16.8 Å². The number of allylic oxidation sites excluding steroid dienone is 1. The van der Waals surface area contributed by atoms with Gasteiger partial charge < -0.3 is 4.90 Å². The zero-order chi connectivity index (χ0) is 9.42. The highest BCUT2D eigenvalue weighted by Gasteiger charge is 2.29. The van der Waals surface area contributed by atoms with Gasteiger partial charge in [0.25, 0.3) is 0 Å². The first kappa shape index (κ1) is 8.54. The Morgan fingerprint density at radius 2 is 2.08 bits per heavy atom. The van der Waals surface area contributed by atoms with Crippen molar-refractivity contribution >= 4 is 5.84 Å². The second-order valence-electron chi connectivity index (χ2n) is 3.97. The average Bonchev–Trinajstić information content (AvgIpc) is 2.63. The standard InChI is InChI=1S/C11H16N2/c1-8-7-9(2)13(11(8)12)10-5-3-4-6-10/h7,10,12H,1,3-6H2,2H3. The Kier molecular flexibility index (Phi) is 1.98. The SMILES string of the molecule is C=C1C=C(C)N(C2CCCC2)C1=N. The van der Waals surface area contributed by atoms with Crippen LogP contribution < -0.4 is 0 Å². The van der Waals surface area contributed by atoms with Gasteiger partial charge in [-0.3, -0.25) is 5.41 Å². The third-order valence-electron chi connectivity index (χ3n) is 3.00. The molecular weight excluding hydrogens is 160 g/mol. The van der Waals surface area contributed by atoms with Gasteiger partial charge >= 0.3 is 0 Å². The Morgan fingerprint density at radius 3 is 2.54 bits per heavy atom. The minimum atomic E-state index is 0.572. The largest absolute Gasteiger partial charge is 0.327 e. The van der Waals surface area contributed by atoms with Crippen molar-refractivity contribution in [2.24, 2.45) is 0 Å². The van der Waals surface area contributed by atoms with Crippen LogP contribution in [0, 0.1) is 5.41 Å². The molecule has 0 bridgehead atoms. The molecule has 1 saturated carbocycles. The molecular formula is C11H16N2. The minimum absolute atomic E-state index is 0.572. The summed E-state index contributed by atoms with van der Waals surface area (Å²) >= 11 is 0. The van der Waals surface area contributed by atoms with Crippen LogP contribution in [0.5, 0.6) is 0 Å². The van der Waals surface area contributed by atoms with Crippen molar-refractivity contribution in [3.63, 3.8) is 0 Å². The molecule has 0 spiro atoms. The van der Waals surface area contributed by atoms with Crippen LogP contribution in [-0.2, 0) is 0 Å². The van der Waals surface area contributed by atoms with Crippen molar-refractivity contribution in [3.8, 4) is 0 Å². The molecule has 13 heavy (non-hydrogen) atoms. The number of hydrogen-bond donors (Lipinski definition) is 1. The van der Waals surface area contributed by atoms with E-state index in [1.165, 1.54) is 31.4 Å². The summed E-state index contributed by atoms with van der Waals surface area (Å²) in [5.74, 6) is 0.615. The lowest BCUT2D eigenvalue weighted by molar-refractivity contribution is 0.386. The smallest absolute Gasteiger partial charge is 0.132 e. The van der Waals surface area contributed by atoms with Crippen LogP contribution in [0.25, 0.3) is 0 Å². The second-order valence-corrected chi connectivity index (χ2v) is 3.97. The number of nitrogens with one attached hydrogen (secondary N) is 1. The van der Waals surface area contributed by atoms with E-state index in [1.807, 2.05) is 6.08 Å². The van der Waals surface area contributed by atoms with E-state index >= 15 is 0 Å². The fraction of sp³-hybridized carbons (Fsp3) is 0.545. The van der Waals surface area contributed by atoms with Crippen molar-refractivity contribution in [1.29, 1.82) is 5.41 Å². The van der Waals surface area contributed by atoms with Gasteiger partial charge in [0, 0.05) is 17.3 Å². The van der Waals surface area contributed by atoms with Gasteiger partial charge in [-0.15, -0.1) is 0 Å². The van der Waals surface area contributed by atoms with E-state index in [0.29, 0.717) is 11.9 Å². The van der Waals surface area contributed by atoms with E-state index < -0.39 is 0 Å². The van der Waals surface area contributed by atoms with Crippen LogP contribution in [0.3, 0.4) is 0 Å². The monoisotopic (exact) mass is 176 g/mol. The molecule has 1 aliphatic heterocycles. The molecule has 2 rings (SSSR count). The van der Waals surface area contributed by atoms with Crippen LogP contribution in [0.1, 0.15) is 32.6 Å². The van der Waals surface area contributed by atoms with Crippen LogP contribution in [0.2, 0.25) is 0 Å². The van der Waals surface area contributed by atoms with Gasteiger partial charge in [-0.1, -0.05) is 19.4 Å². The Balaban J connectivity index is 2.19. The first-order valence-electron chi connectivity index (χ1n) is 4.95. The van der Waals surface area contributed by atoms with Crippen molar-refractivity contribution < 1.29 is 0 Å². The molecule has 0 unspecified atom stereocenters. The summed E-state index contributed by atoms with van der Waals surface area (Å²) in [5.41, 5.74) is 2.06. The van der Waals surface area contributed by atoms with E-state index in [2.05, 4.69) is 18.4 Å². The Labute approximate surface area is 79.4 Å². The van der Waals surface area contributed by atoms with E-state index in [9.17, 15) is 0 Å². The first-order chi connectivity index (χ1) is 6.20. The fourth-order valence-electron chi connectivity index (χ4n) is 2.35. The maximum Gasteiger partial charge on any atom is 0.132 e. The Hall–Kier alpha value is -1.05. The zero-order valence-corrected chi connectivity index (χ0v) is 8.14. The summed E-state index contributed by atoms with van der Waals surface area (Å²) in [6.07, 6.45) is 7.12. The lowest BCUT2D eigenvalue weighted by atomic mass is 10.2. The minimum Gasteiger partial charge on any atom is -0.327 e. The maximum absolute atomic E-state index is 7.88. The van der Waals surface area contributed by atoms with Gasteiger partial charge in [-0.25, -0.2) is 0 Å². The lowest BCUT2D eigenvalue weighted by Gasteiger charge is -2.27. The molecule has 0 aromatic carbocycles. The Bertz CT molecular complexity index is 282. The molecule has 0 saturated heterocycles. The average molecular weight is 176 g/mol. The number of hydrogen-bond acceptors (Lipinski definition) is 1. The van der Waals surface area contributed by atoms with Gasteiger partial charge in [0.15, 0.2) is 0 Å². The van der Waals surface area contributed by atoms with Gasteiger partial charge in [0.2, 0.25) is 0 Å². The molecule has 0 aromatic rings. The summed E-state index contributed by atoms with van der Waals surface area (Å²) < 4.78 is 0. The van der Waals surface area contributed by atoms with Crippen LogP contribution in [0.4, 0.5) is 0 Å². The maximum atomic E-state index is 7.88. The molecule has 0 atom stereocenters. The van der Waals surface area contributed by atoms with E-state index in [0.717, 1.165) is 5.57 Å². The molecule has 1 heterocycles. The third-order valence-corrected chi connectivity index (χ3v) is 3.00. The fourth-order valence-corrected chi connectivity index (χ4v) is 2.35. The Morgan fingerprint density at radius 1 is 1.46 bits per heavy atom. The predicted octanol–water partition coefficient (Wildman–Crippen LogP) is 2.68. The molecule has 0 aromatic heterocycles. The topological polar surface area (TPSA) is 27.1 Å². The van der Waals surface area contributed by atoms with Gasteiger partial charge in [0.1, 0.15) is 5.84 Å². The molecule has 1 aliphatic carbocycles. The molecule has 2 aliphatic rings. The molecule has 70 valence electrons. The lowest BCUT2D eigenvalue weighted by Crippen LogP contribution is -2.33. The number of amidine groups is 1. The molecule has 2 heteroatoms. The quantitative estimate of drug-likeness (QED) is 0.653. The van der Waals surface area contributed by atoms with Crippen molar-refractivity contribution in [2.75, 3.05) is 0 Å². The summed E-state index contributed by atoms with van der Waals surface area (Å²) in [6, 6.07) is 0.572. The normalized spacial score (nSPS) is 24.4. The van der Waals surface area contributed by atoms with Crippen LogP contribution >= 0.6 is 0 Å². The van der Waals surface area contributed by atoms with Crippen LogP contribution in [0.15, 0.2) is 23.9 Å². The van der Waals surface area contributed by atoms with E-state index in [-0.39, 0.29) is 0 Å². The summed E-state index contributed by atoms with van der Waals surface area (Å²) in [5, 5.41) is 7.88. The first-order valence-corrected chi connectivity index (χ1v) is 4.95. The second kappa shape index (κ2) is 3.02. The van der Waals surface area contributed by atoms with Gasteiger partial charge in [-0.05, 0) is 25.8 Å². The van der Waals surface area contributed by atoms with Crippen molar-refractivity contribution in [1.82, 2.24) is 4.90 Å². The number of nitrogens with zero attached hydrogens (tertiary/aromatic N) is 1. The van der Waals surface area contributed by atoms with Gasteiger partial charge in [-0.2, -0.15) is 0 Å². The summed E-state index contributed by atoms with van der Waals surface area (Å²) in [6.45, 7) is 5.94. The van der Waals surface area contributed by atoms with Gasteiger partial charge in [0.05, 0.1) is 0 Å². The summed E-state index contributed by atoms with van der Waals surface area (Å²) in [7, 11) is 0.